The Morgan fingerprint density at radius 2 is 0.867 bits per heavy atom. The number of hydrogen-bond donors (Lipinski definition) is 0. The Morgan fingerprint density at radius 3 is 1.40 bits per heavy atom. The van der Waals surface area contributed by atoms with E-state index in [0.29, 0.717) is 0 Å². The molecule has 4 nitrogen and oxygen atoms in total. The molecule has 206 valence electrons. The average molecular weight is 570 g/mol. The van der Waals surface area contributed by atoms with Gasteiger partial charge in [-0.1, -0.05) is 115 Å². The molecule has 0 spiro atoms. The highest BCUT2D eigenvalue weighted by Crippen LogP contribution is 2.38. The molecule has 4 heterocycles. The van der Waals surface area contributed by atoms with Gasteiger partial charge in [-0.3, -0.25) is 9.13 Å². The molecule has 45 heavy (non-hydrogen) atoms. The van der Waals surface area contributed by atoms with E-state index in [2.05, 4.69) is 149 Å². The smallest absolute Gasteiger partial charge is 0.252 e. The molecular formula is C40H23BN4. The molecule has 2 aliphatic rings. The zero-order valence-electron chi connectivity index (χ0n) is 24.1. The summed E-state index contributed by atoms with van der Waals surface area (Å²) in [4.78, 5) is 10.7. The van der Waals surface area contributed by atoms with Crippen molar-refractivity contribution < 1.29 is 0 Å². The summed E-state index contributed by atoms with van der Waals surface area (Å²) in [5.41, 5.74) is 13.0. The molecule has 0 atom stereocenters. The predicted molar refractivity (Wildman–Crippen MR) is 186 cm³/mol. The molecule has 0 radical (unpaired) electrons. The maximum Gasteiger partial charge on any atom is 0.252 e. The first kappa shape index (κ1) is 23.5. The summed E-state index contributed by atoms with van der Waals surface area (Å²) in [6.45, 7) is 0.0812. The second kappa shape index (κ2) is 8.37. The van der Waals surface area contributed by atoms with Crippen molar-refractivity contribution in [2.75, 3.05) is 0 Å². The standard InChI is InChI=1S/C40H23BN4/c1-3-14-26-24(10-1)12-5-16-28(26)39-42-32-20-7-18-30-37(32)44(39)34-22-9-23-35-36(34)41(30)31-19-8-21-33-38(31)45(35)40(43-33)29-17-6-13-25-11-2-4-15-27(25)29/h1-23H. The van der Waals surface area contributed by atoms with Crippen molar-refractivity contribution in [3.05, 3.63) is 140 Å². The third kappa shape index (κ3) is 2.93. The van der Waals surface area contributed by atoms with E-state index in [9.17, 15) is 0 Å². The van der Waals surface area contributed by atoms with Crippen LogP contribution in [0.5, 0.6) is 0 Å². The largest absolute Gasteiger partial charge is 0.293 e. The Morgan fingerprint density at radius 1 is 0.422 bits per heavy atom. The van der Waals surface area contributed by atoms with Gasteiger partial charge in [0.1, 0.15) is 11.6 Å². The molecule has 7 aromatic carbocycles. The van der Waals surface area contributed by atoms with Crippen molar-refractivity contribution in [1.29, 1.82) is 0 Å². The molecule has 0 bridgehead atoms. The molecule has 0 unspecified atom stereocenters. The van der Waals surface area contributed by atoms with Crippen molar-refractivity contribution in [1.82, 2.24) is 19.1 Å². The highest BCUT2D eigenvalue weighted by Gasteiger charge is 2.41. The van der Waals surface area contributed by atoms with Gasteiger partial charge >= 0.3 is 0 Å². The van der Waals surface area contributed by atoms with Gasteiger partial charge in [-0.2, -0.15) is 0 Å². The van der Waals surface area contributed by atoms with Crippen LogP contribution in [0.1, 0.15) is 0 Å². The second-order valence-electron chi connectivity index (χ2n) is 12.2. The summed E-state index contributed by atoms with van der Waals surface area (Å²) < 4.78 is 4.84. The third-order valence-corrected chi connectivity index (χ3v) is 9.93. The number of nitrogens with zero attached hydrogens (tertiary/aromatic N) is 4. The van der Waals surface area contributed by atoms with Crippen LogP contribution in [0.25, 0.3) is 77.8 Å². The summed E-state index contributed by atoms with van der Waals surface area (Å²) in [6.07, 6.45) is 0. The van der Waals surface area contributed by atoms with E-state index in [1.54, 1.807) is 0 Å². The lowest BCUT2D eigenvalue weighted by molar-refractivity contribution is 1.08. The summed E-state index contributed by atoms with van der Waals surface area (Å²) >= 11 is 0. The van der Waals surface area contributed by atoms with Crippen molar-refractivity contribution >= 4 is 66.7 Å². The average Bonchev–Trinajstić information content (AvgIpc) is 3.68. The van der Waals surface area contributed by atoms with Gasteiger partial charge in [-0.25, -0.2) is 9.97 Å². The van der Waals surface area contributed by atoms with Crippen molar-refractivity contribution in [3.63, 3.8) is 0 Å². The van der Waals surface area contributed by atoms with Gasteiger partial charge in [-0.05, 0) is 62.2 Å². The molecular weight excluding hydrogens is 547 g/mol. The van der Waals surface area contributed by atoms with E-state index in [1.165, 1.54) is 60.3 Å². The number of rotatable bonds is 2. The van der Waals surface area contributed by atoms with Crippen LogP contribution in [0.15, 0.2) is 140 Å². The Balaban J connectivity index is 1.28. The van der Waals surface area contributed by atoms with Crippen molar-refractivity contribution in [2.24, 2.45) is 0 Å². The molecule has 0 fully saturated rings. The number of benzene rings is 7. The number of para-hydroxylation sites is 2. The van der Waals surface area contributed by atoms with E-state index in [1.807, 2.05) is 0 Å². The highest BCUT2D eigenvalue weighted by atomic mass is 15.1. The minimum atomic E-state index is 0.0812. The molecule has 0 amide bonds. The normalized spacial score (nSPS) is 12.8. The van der Waals surface area contributed by atoms with Crippen molar-refractivity contribution in [3.8, 4) is 34.2 Å². The number of aromatic nitrogens is 4. The first-order chi connectivity index (χ1) is 22.3. The topological polar surface area (TPSA) is 35.6 Å². The third-order valence-electron chi connectivity index (χ3n) is 9.93. The van der Waals surface area contributed by atoms with Crippen LogP contribution in [0.2, 0.25) is 0 Å². The molecule has 9 aromatic rings. The zero-order valence-corrected chi connectivity index (χ0v) is 24.1. The number of fused-ring (bicyclic) bond motifs is 6. The summed E-state index contributed by atoms with van der Waals surface area (Å²) in [5, 5.41) is 4.85. The summed E-state index contributed by atoms with van der Waals surface area (Å²) in [6, 6.07) is 50.3. The Bertz CT molecular complexity index is 2540. The monoisotopic (exact) mass is 570 g/mol. The molecule has 0 N–H and O–H groups in total. The van der Waals surface area contributed by atoms with E-state index in [4.69, 9.17) is 9.97 Å². The predicted octanol–water partition coefficient (Wildman–Crippen LogP) is 7.15. The molecule has 11 rings (SSSR count). The van der Waals surface area contributed by atoms with E-state index < -0.39 is 0 Å². The quantitative estimate of drug-likeness (QED) is 0.207. The van der Waals surface area contributed by atoms with Gasteiger partial charge in [0, 0.05) is 22.5 Å². The molecule has 0 saturated heterocycles. The van der Waals surface area contributed by atoms with Gasteiger partial charge < -0.3 is 0 Å². The van der Waals surface area contributed by atoms with E-state index in [0.717, 1.165) is 33.8 Å². The molecule has 0 aliphatic carbocycles. The Hall–Kier alpha value is -5.94. The lowest BCUT2D eigenvalue weighted by Gasteiger charge is -2.33. The molecule has 2 aliphatic heterocycles. The number of imidazole rings is 2. The maximum atomic E-state index is 5.35. The maximum absolute atomic E-state index is 5.35. The van der Waals surface area contributed by atoms with Gasteiger partial charge in [0.15, 0.2) is 0 Å². The van der Waals surface area contributed by atoms with Crippen LogP contribution in [0, 0.1) is 0 Å². The summed E-state index contributed by atoms with van der Waals surface area (Å²) in [5.74, 6) is 1.95. The summed E-state index contributed by atoms with van der Waals surface area (Å²) in [7, 11) is 0. The van der Waals surface area contributed by atoms with Crippen LogP contribution >= 0.6 is 0 Å². The van der Waals surface area contributed by atoms with Gasteiger partial charge in [-0.15, -0.1) is 0 Å². The molecule has 2 aromatic heterocycles. The highest BCUT2D eigenvalue weighted by molar-refractivity contribution is 7.00. The Labute approximate surface area is 258 Å². The fraction of sp³-hybridized carbons (Fsp3) is 0. The van der Waals surface area contributed by atoms with Gasteiger partial charge in [0.05, 0.1) is 22.1 Å². The van der Waals surface area contributed by atoms with Crippen LogP contribution in [-0.2, 0) is 0 Å². The van der Waals surface area contributed by atoms with Gasteiger partial charge in [0.2, 0.25) is 0 Å². The zero-order chi connectivity index (χ0) is 29.2. The van der Waals surface area contributed by atoms with Crippen molar-refractivity contribution in [2.45, 2.75) is 0 Å². The lowest BCUT2D eigenvalue weighted by atomic mass is 9.34. The second-order valence-corrected chi connectivity index (χ2v) is 12.2. The lowest BCUT2D eigenvalue weighted by Crippen LogP contribution is -2.59. The van der Waals surface area contributed by atoms with E-state index in [-0.39, 0.29) is 6.71 Å². The van der Waals surface area contributed by atoms with Crippen LogP contribution in [-0.4, -0.2) is 25.8 Å². The van der Waals surface area contributed by atoms with Crippen LogP contribution in [0.3, 0.4) is 0 Å². The van der Waals surface area contributed by atoms with Crippen LogP contribution < -0.4 is 16.4 Å². The molecule has 5 heteroatoms. The van der Waals surface area contributed by atoms with Gasteiger partial charge in [0.25, 0.3) is 6.71 Å². The SMILES string of the molecule is c1cc2c3c(c1)-n1c(-c4cccc5ccccc45)nc4cccc(c41)B3c1cccc3nc(-c4cccc5ccccc45)n-2c13. The molecule has 0 saturated carbocycles. The first-order valence-electron chi connectivity index (χ1n) is 15.5. The fourth-order valence-electron chi connectivity index (χ4n) is 8.15. The number of hydrogen-bond acceptors (Lipinski definition) is 2. The fourth-order valence-corrected chi connectivity index (χ4v) is 8.15. The minimum Gasteiger partial charge on any atom is -0.293 e. The first-order valence-corrected chi connectivity index (χ1v) is 15.5. The minimum absolute atomic E-state index is 0.0812. The van der Waals surface area contributed by atoms with Crippen LogP contribution in [0.4, 0.5) is 0 Å². The Kier molecular flexibility index (Phi) is 4.37. The van der Waals surface area contributed by atoms with E-state index >= 15 is 0 Å².